The summed E-state index contributed by atoms with van der Waals surface area (Å²) in [6.45, 7) is 5.53. The van der Waals surface area contributed by atoms with Crippen LogP contribution in [0.25, 0.3) is 0 Å². The summed E-state index contributed by atoms with van der Waals surface area (Å²) >= 11 is 0. The molecule has 2 aliphatic heterocycles. The number of rotatable bonds is 1. The molecule has 80 valence electrons. The minimum absolute atomic E-state index is 0.503. The van der Waals surface area contributed by atoms with Crippen molar-refractivity contribution in [3.8, 4) is 0 Å². The molecule has 3 nitrogen and oxygen atoms in total. The molecule has 2 saturated heterocycles. The zero-order valence-corrected chi connectivity index (χ0v) is 8.72. The van der Waals surface area contributed by atoms with Gasteiger partial charge in [0, 0.05) is 26.2 Å². The lowest BCUT2D eigenvalue weighted by Crippen LogP contribution is -2.52. The van der Waals surface area contributed by atoms with E-state index in [9.17, 15) is 0 Å². The van der Waals surface area contributed by atoms with Crippen LogP contribution in [0.1, 0.15) is 19.3 Å². The summed E-state index contributed by atoms with van der Waals surface area (Å²) in [5.74, 6) is 0.824. The van der Waals surface area contributed by atoms with E-state index in [0.29, 0.717) is 11.5 Å². The van der Waals surface area contributed by atoms with Gasteiger partial charge in [-0.25, -0.2) is 0 Å². The van der Waals surface area contributed by atoms with Gasteiger partial charge in [0.05, 0.1) is 12.7 Å². The second kappa shape index (κ2) is 3.47. The van der Waals surface area contributed by atoms with Gasteiger partial charge < -0.3 is 15.4 Å². The first kappa shape index (κ1) is 9.13. The molecule has 3 rings (SSSR count). The SMILES string of the molecule is C1COC(C2CCC3(CNC3)C2)CN1. The van der Waals surface area contributed by atoms with Crippen molar-refractivity contribution >= 4 is 0 Å². The number of morpholine rings is 1. The van der Waals surface area contributed by atoms with Crippen LogP contribution in [0.3, 0.4) is 0 Å². The summed E-state index contributed by atoms with van der Waals surface area (Å²) in [6, 6.07) is 0. The molecule has 1 spiro atoms. The molecular formula is C11H20N2O. The molecule has 3 fully saturated rings. The molecule has 2 atom stereocenters. The normalized spacial score (nSPS) is 41.1. The average Bonchev–Trinajstić information content (AvgIpc) is 2.63. The van der Waals surface area contributed by atoms with Crippen LogP contribution >= 0.6 is 0 Å². The Labute approximate surface area is 85.6 Å². The molecule has 2 heterocycles. The molecular weight excluding hydrogens is 176 g/mol. The second-order valence-corrected chi connectivity index (χ2v) is 5.22. The molecule has 0 bridgehead atoms. The van der Waals surface area contributed by atoms with Gasteiger partial charge in [0.2, 0.25) is 0 Å². The fourth-order valence-corrected chi connectivity index (χ4v) is 3.26. The van der Waals surface area contributed by atoms with Gasteiger partial charge in [0.1, 0.15) is 0 Å². The van der Waals surface area contributed by atoms with Crippen molar-refractivity contribution in [2.75, 3.05) is 32.8 Å². The average molecular weight is 196 g/mol. The molecule has 3 heteroatoms. The molecule has 2 unspecified atom stereocenters. The highest BCUT2D eigenvalue weighted by atomic mass is 16.5. The summed E-state index contributed by atoms with van der Waals surface area (Å²) in [5, 5.41) is 6.85. The minimum atomic E-state index is 0.503. The lowest BCUT2D eigenvalue weighted by atomic mass is 9.79. The summed E-state index contributed by atoms with van der Waals surface area (Å²) < 4.78 is 5.84. The Balaban J connectivity index is 1.58. The topological polar surface area (TPSA) is 33.3 Å². The highest BCUT2D eigenvalue weighted by Crippen LogP contribution is 2.46. The Hall–Kier alpha value is -0.120. The van der Waals surface area contributed by atoms with E-state index in [4.69, 9.17) is 4.74 Å². The van der Waals surface area contributed by atoms with Gasteiger partial charge in [-0.1, -0.05) is 0 Å². The van der Waals surface area contributed by atoms with Crippen molar-refractivity contribution in [1.82, 2.24) is 10.6 Å². The number of ether oxygens (including phenoxy) is 1. The Morgan fingerprint density at radius 1 is 1.21 bits per heavy atom. The zero-order valence-electron chi connectivity index (χ0n) is 8.72. The molecule has 14 heavy (non-hydrogen) atoms. The highest BCUT2D eigenvalue weighted by Gasteiger charge is 2.45. The largest absolute Gasteiger partial charge is 0.375 e. The maximum Gasteiger partial charge on any atom is 0.0728 e. The molecule has 0 radical (unpaired) electrons. The summed E-state index contributed by atoms with van der Waals surface area (Å²) in [5.41, 5.74) is 0.672. The van der Waals surface area contributed by atoms with Gasteiger partial charge in [-0.3, -0.25) is 0 Å². The van der Waals surface area contributed by atoms with E-state index in [1.54, 1.807) is 0 Å². The van der Waals surface area contributed by atoms with E-state index in [2.05, 4.69) is 10.6 Å². The molecule has 0 amide bonds. The van der Waals surface area contributed by atoms with Gasteiger partial charge in [-0.2, -0.15) is 0 Å². The van der Waals surface area contributed by atoms with E-state index in [1.807, 2.05) is 0 Å². The summed E-state index contributed by atoms with van der Waals surface area (Å²) in [7, 11) is 0. The molecule has 1 saturated carbocycles. The Morgan fingerprint density at radius 3 is 2.71 bits per heavy atom. The molecule has 0 aromatic carbocycles. The predicted molar refractivity (Wildman–Crippen MR) is 55.3 cm³/mol. The number of hydrogen-bond donors (Lipinski definition) is 2. The lowest BCUT2D eigenvalue weighted by Gasteiger charge is -2.40. The van der Waals surface area contributed by atoms with Gasteiger partial charge in [-0.15, -0.1) is 0 Å². The quantitative estimate of drug-likeness (QED) is 0.635. The van der Waals surface area contributed by atoms with Gasteiger partial charge in [0.25, 0.3) is 0 Å². The van der Waals surface area contributed by atoms with Crippen LogP contribution in [-0.2, 0) is 4.74 Å². The maximum absolute atomic E-state index is 5.84. The molecule has 3 aliphatic rings. The predicted octanol–water partition coefficient (Wildman–Crippen LogP) is 0.364. The standard InChI is InChI=1S/C11H20N2O/c1-2-11(7-13-8-11)5-9(1)10-6-12-3-4-14-10/h9-10,12-13H,1-8H2. The van der Waals surface area contributed by atoms with Crippen LogP contribution in [0.5, 0.6) is 0 Å². The number of nitrogens with one attached hydrogen (secondary N) is 2. The molecule has 2 N–H and O–H groups in total. The van der Waals surface area contributed by atoms with Crippen LogP contribution in [0.15, 0.2) is 0 Å². The molecule has 0 aromatic heterocycles. The van der Waals surface area contributed by atoms with Gasteiger partial charge in [0.15, 0.2) is 0 Å². The molecule has 0 aromatic rings. The Morgan fingerprint density at radius 2 is 2.14 bits per heavy atom. The van der Waals surface area contributed by atoms with Crippen molar-refractivity contribution in [2.45, 2.75) is 25.4 Å². The Bertz CT molecular complexity index is 209. The third kappa shape index (κ3) is 1.47. The summed E-state index contributed by atoms with van der Waals surface area (Å²) in [6.07, 6.45) is 4.70. The van der Waals surface area contributed by atoms with Crippen LogP contribution in [0, 0.1) is 11.3 Å². The summed E-state index contributed by atoms with van der Waals surface area (Å²) in [4.78, 5) is 0. The monoisotopic (exact) mass is 196 g/mol. The Kier molecular flexibility index (Phi) is 2.26. The first-order valence-corrected chi connectivity index (χ1v) is 5.91. The van der Waals surface area contributed by atoms with Crippen LogP contribution in [0.4, 0.5) is 0 Å². The number of hydrogen-bond acceptors (Lipinski definition) is 3. The van der Waals surface area contributed by atoms with Gasteiger partial charge in [-0.05, 0) is 30.6 Å². The van der Waals surface area contributed by atoms with Crippen molar-refractivity contribution < 1.29 is 4.74 Å². The minimum Gasteiger partial charge on any atom is -0.375 e. The van der Waals surface area contributed by atoms with E-state index >= 15 is 0 Å². The highest BCUT2D eigenvalue weighted by molar-refractivity contribution is 5.00. The first-order chi connectivity index (χ1) is 6.88. The first-order valence-electron chi connectivity index (χ1n) is 5.91. The van der Waals surface area contributed by atoms with Crippen LogP contribution < -0.4 is 10.6 Å². The van der Waals surface area contributed by atoms with Crippen LogP contribution in [-0.4, -0.2) is 38.9 Å². The fourth-order valence-electron chi connectivity index (χ4n) is 3.26. The van der Waals surface area contributed by atoms with Crippen molar-refractivity contribution in [1.29, 1.82) is 0 Å². The third-order valence-electron chi connectivity index (χ3n) is 4.22. The second-order valence-electron chi connectivity index (χ2n) is 5.22. The fraction of sp³-hybridized carbons (Fsp3) is 1.00. The van der Waals surface area contributed by atoms with Crippen molar-refractivity contribution in [3.63, 3.8) is 0 Å². The smallest absolute Gasteiger partial charge is 0.0728 e. The maximum atomic E-state index is 5.84. The van der Waals surface area contributed by atoms with Crippen LogP contribution in [0.2, 0.25) is 0 Å². The van der Waals surface area contributed by atoms with Crippen molar-refractivity contribution in [3.05, 3.63) is 0 Å². The van der Waals surface area contributed by atoms with E-state index < -0.39 is 0 Å². The van der Waals surface area contributed by atoms with Gasteiger partial charge >= 0.3 is 0 Å². The lowest BCUT2D eigenvalue weighted by molar-refractivity contribution is -0.0124. The van der Waals surface area contributed by atoms with E-state index in [0.717, 1.165) is 25.6 Å². The third-order valence-corrected chi connectivity index (χ3v) is 4.22. The van der Waals surface area contributed by atoms with Crippen molar-refractivity contribution in [2.24, 2.45) is 11.3 Å². The molecule has 1 aliphatic carbocycles. The van der Waals surface area contributed by atoms with E-state index in [-0.39, 0.29) is 0 Å². The van der Waals surface area contributed by atoms with E-state index in [1.165, 1.54) is 32.4 Å². The zero-order chi connectivity index (χ0) is 9.43.